The highest BCUT2D eigenvalue weighted by molar-refractivity contribution is 5.94. The highest BCUT2D eigenvalue weighted by Gasteiger charge is 2.21. The molecule has 33 heavy (non-hydrogen) atoms. The Morgan fingerprint density at radius 1 is 0.909 bits per heavy atom. The van der Waals surface area contributed by atoms with Crippen molar-refractivity contribution in [1.82, 2.24) is 5.32 Å². The van der Waals surface area contributed by atoms with Crippen molar-refractivity contribution < 1.29 is 19.4 Å². The van der Waals surface area contributed by atoms with Gasteiger partial charge < -0.3 is 19.9 Å². The smallest absolute Gasteiger partial charge is 0.244 e. The lowest BCUT2D eigenvalue weighted by atomic mass is 9.92. The van der Waals surface area contributed by atoms with Crippen molar-refractivity contribution in [1.29, 1.82) is 0 Å². The van der Waals surface area contributed by atoms with Crippen LogP contribution in [0.5, 0.6) is 17.2 Å². The molecule has 0 heterocycles. The summed E-state index contributed by atoms with van der Waals surface area (Å²) in [5.74, 6) is 1.10. The molecule has 4 rings (SSSR count). The molecule has 166 valence electrons. The van der Waals surface area contributed by atoms with E-state index in [-0.39, 0.29) is 11.7 Å². The minimum absolute atomic E-state index is 0.128. The average molecular weight is 440 g/mol. The van der Waals surface area contributed by atoms with Gasteiger partial charge in [-0.25, -0.2) is 0 Å². The number of fused-ring (bicyclic) bond motifs is 1. The topological polar surface area (TPSA) is 67.8 Å². The Hall–Kier alpha value is -4.25. The molecule has 5 nitrogen and oxygen atoms in total. The lowest BCUT2D eigenvalue weighted by Gasteiger charge is -2.22. The predicted octanol–water partition coefficient (Wildman–Crippen LogP) is 5.48. The summed E-state index contributed by atoms with van der Waals surface area (Å²) < 4.78 is 10.6. The van der Waals surface area contributed by atoms with E-state index in [1.807, 2.05) is 66.7 Å². The predicted molar refractivity (Wildman–Crippen MR) is 131 cm³/mol. The maximum Gasteiger partial charge on any atom is 0.244 e. The van der Waals surface area contributed by atoms with Crippen LogP contribution in [0.15, 0.2) is 91.0 Å². The average Bonchev–Trinajstić information content (AvgIpc) is 2.86. The van der Waals surface area contributed by atoms with Gasteiger partial charge in [0.15, 0.2) is 0 Å². The third-order valence-electron chi connectivity index (χ3n) is 5.51. The lowest BCUT2D eigenvalue weighted by Crippen LogP contribution is -2.28. The Balaban J connectivity index is 1.69. The van der Waals surface area contributed by atoms with Gasteiger partial charge in [0.05, 0.1) is 20.3 Å². The molecule has 4 aromatic carbocycles. The Labute approximate surface area is 192 Å². The molecular weight excluding hydrogens is 414 g/mol. The van der Waals surface area contributed by atoms with Crippen molar-refractivity contribution in [2.75, 3.05) is 14.2 Å². The summed E-state index contributed by atoms with van der Waals surface area (Å²) in [6, 6.07) is 25.8. The standard InChI is InChI=1S/C28H25NO4/c1-32-22-15-12-20(25(18-22)33-2)14-17-26(31)29-28(21-9-4-3-5-10-21)27-23-11-7-6-8-19(23)13-16-24(27)30/h3-18,28,30H,1-2H3,(H,29,31)/b17-14+. The van der Waals surface area contributed by atoms with E-state index in [4.69, 9.17) is 9.47 Å². The van der Waals surface area contributed by atoms with Gasteiger partial charge in [0.25, 0.3) is 0 Å². The Morgan fingerprint density at radius 3 is 2.42 bits per heavy atom. The number of carbonyl (C=O) groups excluding carboxylic acids is 1. The summed E-state index contributed by atoms with van der Waals surface area (Å²) in [6.07, 6.45) is 3.15. The molecule has 0 bridgehead atoms. The minimum Gasteiger partial charge on any atom is -0.508 e. The summed E-state index contributed by atoms with van der Waals surface area (Å²) >= 11 is 0. The number of benzene rings is 4. The van der Waals surface area contributed by atoms with E-state index >= 15 is 0 Å². The van der Waals surface area contributed by atoms with Crippen LogP contribution in [0.1, 0.15) is 22.7 Å². The number of hydrogen-bond acceptors (Lipinski definition) is 4. The number of aromatic hydroxyl groups is 1. The van der Waals surface area contributed by atoms with E-state index in [0.29, 0.717) is 17.1 Å². The molecule has 0 radical (unpaired) electrons. The fourth-order valence-electron chi connectivity index (χ4n) is 3.87. The van der Waals surface area contributed by atoms with Gasteiger partial charge in [-0.1, -0.05) is 60.7 Å². The molecule has 5 heteroatoms. The second-order valence-corrected chi connectivity index (χ2v) is 7.51. The molecule has 0 saturated carbocycles. The van der Waals surface area contributed by atoms with Crippen LogP contribution in [0.25, 0.3) is 16.8 Å². The fourth-order valence-corrected chi connectivity index (χ4v) is 3.87. The third kappa shape index (κ3) is 4.83. The van der Waals surface area contributed by atoms with Gasteiger partial charge in [0.2, 0.25) is 5.91 Å². The molecule has 0 aromatic heterocycles. The molecule has 4 aromatic rings. The van der Waals surface area contributed by atoms with Crippen LogP contribution in [0.2, 0.25) is 0 Å². The van der Waals surface area contributed by atoms with Crippen LogP contribution in [-0.2, 0) is 4.79 Å². The monoisotopic (exact) mass is 439 g/mol. The van der Waals surface area contributed by atoms with Crippen LogP contribution >= 0.6 is 0 Å². The largest absolute Gasteiger partial charge is 0.508 e. The highest BCUT2D eigenvalue weighted by Crippen LogP contribution is 2.36. The molecular formula is C28H25NO4. The number of phenolic OH excluding ortho intramolecular Hbond substituents is 1. The number of phenols is 1. The van der Waals surface area contributed by atoms with Crippen molar-refractivity contribution in [3.63, 3.8) is 0 Å². The van der Waals surface area contributed by atoms with Crippen molar-refractivity contribution >= 4 is 22.8 Å². The van der Waals surface area contributed by atoms with E-state index in [1.165, 1.54) is 6.08 Å². The molecule has 1 unspecified atom stereocenters. The van der Waals surface area contributed by atoms with E-state index in [9.17, 15) is 9.90 Å². The Kier molecular flexibility index (Phi) is 6.60. The van der Waals surface area contributed by atoms with Crippen molar-refractivity contribution in [3.05, 3.63) is 108 Å². The van der Waals surface area contributed by atoms with Gasteiger partial charge in [-0.05, 0) is 40.6 Å². The molecule has 0 aliphatic rings. The maximum atomic E-state index is 13.0. The van der Waals surface area contributed by atoms with Crippen LogP contribution in [0, 0.1) is 0 Å². The fraction of sp³-hybridized carbons (Fsp3) is 0.107. The summed E-state index contributed by atoms with van der Waals surface area (Å²) in [7, 11) is 3.16. The zero-order valence-corrected chi connectivity index (χ0v) is 18.5. The first-order chi connectivity index (χ1) is 16.1. The Morgan fingerprint density at radius 2 is 1.67 bits per heavy atom. The van der Waals surface area contributed by atoms with Gasteiger partial charge in [-0.15, -0.1) is 0 Å². The number of methoxy groups -OCH3 is 2. The quantitative estimate of drug-likeness (QED) is 0.374. The SMILES string of the molecule is COc1ccc(/C=C/C(=O)NC(c2ccccc2)c2c(O)ccc3ccccc23)c(OC)c1. The number of amides is 1. The Bertz CT molecular complexity index is 1300. The molecule has 1 atom stereocenters. The number of hydrogen-bond donors (Lipinski definition) is 2. The minimum atomic E-state index is -0.535. The van der Waals surface area contributed by atoms with Crippen LogP contribution in [0.3, 0.4) is 0 Å². The van der Waals surface area contributed by atoms with Gasteiger partial charge >= 0.3 is 0 Å². The molecule has 0 aliphatic carbocycles. The zero-order valence-electron chi connectivity index (χ0n) is 18.5. The van der Waals surface area contributed by atoms with E-state index < -0.39 is 6.04 Å². The van der Waals surface area contributed by atoms with Gasteiger partial charge in [0.1, 0.15) is 17.2 Å². The summed E-state index contributed by atoms with van der Waals surface area (Å²) in [6.45, 7) is 0. The first-order valence-corrected chi connectivity index (χ1v) is 10.6. The number of nitrogens with one attached hydrogen (secondary N) is 1. The van der Waals surface area contributed by atoms with Crippen molar-refractivity contribution in [2.45, 2.75) is 6.04 Å². The van der Waals surface area contributed by atoms with Gasteiger partial charge in [0, 0.05) is 23.3 Å². The summed E-state index contributed by atoms with van der Waals surface area (Å²) in [4.78, 5) is 13.0. The van der Waals surface area contributed by atoms with E-state index in [1.54, 1.807) is 38.5 Å². The second kappa shape index (κ2) is 9.92. The van der Waals surface area contributed by atoms with Crippen LogP contribution in [0.4, 0.5) is 0 Å². The van der Waals surface area contributed by atoms with E-state index in [0.717, 1.165) is 21.9 Å². The van der Waals surface area contributed by atoms with Crippen LogP contribution in [-0.4, -0.2) is 25.2 Å². The molecule has 0 spiro atoms. The molecule has 2 N–H and O–H groups in total. The zero-order chi connectivity index (χ0) is 23.2. The normalized spacial score (nSPS) is 11.9. The van der Waals surface area contributed by atoms with Gasteiger partial charge in [-0.3, -0.25) is 4.79 Å². The van der Waals surface area contributed by atoms with Crippen molar-refractivity contribution in [2.24, 2.45) is 0 Å². The lowest BCUT2D eigenvalue weighted by molar-refractivity contribution is -0.116. The first kappa shape index (κ1) is 22.0. The molecule has 1 amide bonds. The second-order valence-electron chi connectivity index (χ2n) is 7.51. The molecule has 0 fully saturated rings. The number of carbonyl (C=O) groups is 1. The summed E-state index contributed by atoms with van der Waals surface area (Å²) in [5.41, 5.74) is 2.27. The number of ether oxygens (including phenoxy) is 2. The van der Waals surface area contributed by atoms with E-state index in [2.05, 4.69) is 5.32 Å². The van der Waals surface area contributed by atoms with Crippen molar-refractivity contribution in [3.8, 4) is 17.2 Å². The molecule has 0 aliphatic heterocycles. The first-order valence-electron chi connectivity index (χ1n) is 10.6. The molecule has 0 saturated heterocycles. The summed E-state index contributed by atoms with van der Waals surface area (Å²) in [5, 5.41) is 15.7. The van der Waals surface area contributed by atoms with Gasteiger partial charge in [-0.2, -0.15) is 0 Å². The van der Waals surface area contributed by atoms with Crippen LogP contribution < -0.4 is 14.8 Å². The number of rotatable bonds is 7. The maximum absolute atomic E-state index is 13.0. The third-order valence-corrected chi connectivity index (χ3v) is 5.51. The highest BCUT2D eigenvalue weighted by atomic mass is 16.5.